The van der Waals surface area contributed by atoms with Gasteiger partial charge in [0.1, 0.15) is 11.7 Å². The van der Waals surface area contributed by atoms with E-state index in [2.05, 4.69) is 6.07 Å². The third-order valence-electron chi connectivity index (χ3n) is 5.33. The predicted octanol–water partition coefficient (Wildman–Crippen LogP) is 2.79. The van der Waals surface area contributed by atoms with E-state index < -0.39 is 17.3 Å². The summed E-state index contributed by atoms with van der Waals surface area (Å²) in [6.07, 6.45) is 3.03. The molecule has 0 amide bonds. The largest absolute Gasteiger partial charge is 0.493 e. The lowest BCUT2D eigenvalue weighted by Gasteiger charge is -2.34. The maximum Gasteiger partial charge on any atom is 0.316 e. The van der Waals surface area contributed by atoms with Crippen molar-refractivity contribution in [1.29, 1.82) is 5.26 Å². The first kappa shape index (κ1) is 18.2. The molecule has 2 atom stereocenters. The second-order valence-corrected chi connectivity index (χ2v) is 7.06. The molecule has 6 heteroatoms. The Morgan fingerprint density at radius 2 is 2.08 bits per heavy atom. The van der Waals surface area contributed by atoms with Gasteiger partial charge in [-0.05, 0) is 49.3 Å². The Hall–Kier alpha value is -2.55. The summed E-state index contributed by atoms with van der Waals surface area (Å²) in [4.78, 5) is 24.1. The number of nitrogens with zero attached hydrogens (tertiary/aromatic N) is 1. The third-order valence-corrected chi connectivity index (χ3v) is 5.33. The molecule has 0 heterocycles. The average molecular weight is 357 g/mol. The number of benzene rings is 1. The third kappa shape index (κ3) is 3.52. The van der Waals surface area contributed by atoms with E-state index >= 15 is 0 Å². The zero-order chi connectivity index (χ0) is 18.7. The van der Waals surface area contributed by atoms with Crippen LogP contribution < -0.4 is 9.47 Å². The lowest BCUT2D eigenvalue weighted by molar-refractivity contribution is -0.151. The highest BCUT2D eigenvalue weighted by Gasteiger charge is 2.45. The molecule has 2 fully saturated rings. The fourth-order valence-corrected chi connectivity index (χ4v) is 3.44. The quantitative estimate of drug-likeness (QED) is 0.575. The van der Waals surface area contributed by atoms with Gasteiger partial charge in [-0.2, -0.15) is 5.26 Å². The number of carbonyl (C=O) groups is 2. The van der Waals surface area contributed by atoms with Crippen LogP contribution in [0.4, 0.5) is 0 Å². The summed E-state index contributed by atoms with van der Waals surface area (Å²) in [5.41, 5.74) is -0.176. The topological polar surface area (TPSA) is 85.6 Å². The lowest BCUT2D eigenvalue weighted by Crippen LogP contribution is -2.40. The first-order valence-electron chi connectivity index (χ1n) is 8.86. The van der Waals surface area contributed by atoms with Gasteiger partial charge in [-0.3, -0.25) is 9.59 Å². The highest BCUT2D eigenvalue weighted by atomic mass is 16.5. The van der Waals surface area contributed by atoms with Crippen molar-refractivity contribution >= 4 is 11.8 Å². The second kappa shape index (κ2) is 7.36. The van der Waals surface area contributed by atoms with Crippen molar-refractivity contribution < 1.29 is 23.8 Å². The monoisotopic (exact) mass is 357 g/mol. The van der Waals surface area contributed by atoms with E-state index in [1.807, 2.05) is 12.1 Å². The van der Waals surface area contributed by atoms with Gasteiger partial charge in [-0.1, -0.05) is 6.07 Å². The normalized spacial score (nSPS) is 25.3. The Labute approximate surface area is 153 Å². The van der Waals surface area contributed by atoms with Gasteiger partial charge >= 0.3 is 5.97 Å². The molecular formula is C20H23NO5. The van der Waals surface area contributed by atoms with Gasteiger partial charge in [0.25, 0.3) is 0 Å². The van der Waals surface area contributed by atoms with Gasteiger partial charge in [0.2, 0.25) is 0 Å². The molecule has 3 rings (SSSR count). The number of hydrogen-bond acceptors (Lipinski definition) is 6. The number of nitriles is 1. The van der Waals surface area contributed by atoms with Gasteiger partial charge in [0, 0.05) is 6.42 Å². The first-order chi connectivity index (χ1) is 12.5. The minimum Gasteiger partial charge on any atom is -0.493 e. The summed E-state index contributed by atoms with van der Waals surface area (Å²) in [6.45, 7) is 0.628. The maximum absolute atomic E-state index is 12.1. The van der Waals surface area contributed by atoms with Crippen molar-refractivity contribution in [3.8, 4) is 17.6 Å². The highest BCUT2D eigenvalue weighted by Crippen LogP contribution is 2.43. The highest BCUT2D eigenvalue weighted by molar-refractivity contribution is 6.00. The lowest BCUT2D eigenvalue weighted by atomic mass is 9.66. The zero-order valence-electron chi connectivity index (χ0n) is 15.1. The number of esters is 1. The molecule has 0 saturated heterocycles. The van der Waals surface area contributed by atoms with Crippen molar-refractivity contribution in [2.45, 2.75) is 37.5 Å². The summed E-state index contributed by atoms with van der Waals surface area (Å²) in [7, 11) is 2.83. The van der Waals surface area contributed by atoms with Crippen molar-refractivity contribution in [1.82, 2.24) is 0 Å². The average Bonchev–Trinajstić information content (AvgIpc) is 3.50. The number of methoxy groups -OCH3 is 2. The molecular weight excluding hydrogens is 334 g/mol. The molecule has 2 unspecified atom stereocenters. The van der Waals surface area contributed by atoms with Crippen LogP contribution in [0.2, 0.25) is 0 Å². The molecule has 0 spiro atoms. The summed E-state index contributed by atoms with van der Waals surface area (Å²) in [6, 6.07) is 7.76. The van der Waals surface area contributed by atoms with Gasteiger partial charge < -0.3 is 14.2 Å². The van der Waals surface area contributed by atoms with Crippen LogP contribution in [0.1, 0.15) is 37.7 Å². The minimum atomic E-state index is -0.920. The molecule has 2 saturated carbocycles. The summed E-state index contributed by atoms with van der Waals surface area (Å²) in [5.74, 6) is 0.155. The minimum absolute atomic E-state index is 0.128. The molecule has 0 aromatic heterocycles. The number of hydrogen-bond donors (Lipinski definition) is 0. The SMILES string of the molecule is COC(=O)C1CC(C#N)(c2ccc(OC)c(OCC3CC3)c2)CCC1=O. The molecule has 138 valence electrons. The van der Waals surface area contributed by atoms with Gasteiger partial charge in [0.15, 0.2) is 11.5 Å². The summed E-state index contributed by atoms with van der Waals surface area (Å²) < 4.78 is 16.0. The molecule has 6 nitrogen and oxygen atoms in total. The molecule has 2 aliphatic rings. The van der Waals surface area contributed by atoms with Gasteiger partial charge in [0.05, 0.1) is 32.3 Å². The van der Waals surface area contributed by atoms with E-state index in [1.165, 1.54) is 20.0 Å². The van der Waals surface area contributed by atoms with Crippen molar-refractivity contribution in [3.63, 3.8) is 0 Å². The van der Waals surface area contributed by atoms with Crippen LogP contribution in [0.25, 0.3) is 0 Å². The molecule has 1 aromatic rings. The molecule has 0 aliphatic heterocycles. The Morgan fingerprint density at radius 3 is 2.69 bits per heavy atom. The van der Waals surface area contributed by atoms with Crippen LogP contribution in [-0.4, -0.2) is 32.6 Å². The first-order valence-corrected chi connectivity index (χ1v) is 8.86. The van der Waals surface area contributed by atoms with Crippen LogP contribution in [0.3, 0.4) is 0 Å². The predicted molar refractivity (Wildman–Crippen MR) is 92.9 cm³/mol. The number of rotatable bonds is 6. The second-order valence-electron chi connectivity index (χ2n) is 7.06. The van der Waals surface area contributed by atoms with E-state index in [4.69, 9.17) is 14.2 Å². The summed E-state index contributed by atoms with van der Waals surface area (Å²) in [5, 5.41) is 9.91. The van der Waals surface area contributed by atoms with Crippen molar-refractivity contribution in [2.24, 2.45) is 11.8 Å². The van der Waals surface area contributed by atoms with Crippen molar-refractivity contribution in [2.75, 3.05) is 20.8 Å². The summed E-state index contributed by atoms with van der Waals surface area (Å²) >= 11 is 0. The number of ether oxygens (including phenoxy) is 3. The smallest absolute Gasteiger partial charge is 0.316 e. The Kier molecular flexibility index (Phi) is 5.17. The van der Waals surface area contributed by atoms with Gasteiger partial charge in [-0.15, -0.1) is 0 Å². The standard InChI is InChI=1S/C20H23NO5/c1-24-17-6-5-14(9-18(17)26-11-13-3-4-13)20(12-21)8-7-16(22)15(10-20)19(23)25-2/h5-6,9,13,15H,3-4,7-8,10-11H2,1-2H3. The van der Waals surface area contributed by atoms with Gasteiger partial charge in [-0.25, -0.2) is 0 Å². The fraction of sp³-hybridized carbons (Fsp3) is 0.550. The number of ketones is 1. The number of carbonyl (C=O) groups excluding carboxylic acids is 2. The van der Waals surface area contributed by atoms with Crippen LogP contribution in [-0.2, 0) is 19.7 Å². The zero-order valence-corrected chi connectivity index (χ0v) is 15.1. The molecule has 0 bridgehead atoms. The van der Waals surface area contributed by atoms with E-state index in [0.717, 1.165) is 5.56 Å². The molecule has 0 N–H and O–H groups in total. The van der Waals surface area contributed by atoms with Crippen LogP contribution in [0.15, 0.2) is 18.2 Å². The fourth-order valence-electron chi connectivity index (χ4n) is 3.44. The Morgan fingerprint density at radius 1 is 1.31 bits per heavy atom. The maximum atomic E-state index is 12.1. The Bertz CT molecular complexity index is 741. The molecule has 26 heavy (non-hydrogen) atoms. The van der Waals surface area contributed by atoms with E-state index in [0.29, 0.717) is 30.4 Å². The molecule has 1 aromatic carbocycles. The Balaban J connectivity index is 1.91. The van der Waals surface area contributed by atoms with Crippen LogP contribution in [0, 0.1) is 23.2 Å². The molecule has 0 radical (unpaired) electrons. The van der Waals surface area contributed by atoms with Crippen LogP contribution >= 0.6 is 0 Å². The van der Waals surface area contributed by atoms with E-state index in [-0.39, 0.29) is 18.6 Å². The number of Topliss-reactive ketones (excluding diaryl/α,β-unsaturated/α-hetero) is 1. The van der Waals surface area contributed by atoms with E-state index in [1.54, 1.807) is 13.2 Å². The van der Waals surface area contributed by atoms with Crippen molar-refractivity contribution in [3.05, 3.63) is 23.8 Å². The molecule has 2 aliphatic carbocycles. The van der Waals surface area contributed by atoms with E-state index in [9.17, 15) is 14.9 Å². The van der Waals surface area contributed by atoms with Crippen LogP contribution in [0.5, 0.6) is 11.5 Å².